The van der Waals surface area contributed by atoms with Crippen LogP contribution in [0.2, 0.25) is 0 Å². The maximum Gasteiger partial charge on any atom is 0.239 e. The minimum atomic E-state index is 0.0111. The molecule has 2 heterocycles. The van der Waals surface area contributed by atoms with Crippen LogP contribution in [0, 0.1) is 0 Å². The predicted octanol–water partition coefficient (Wildman–Crippen LogP) is 2.82. The summed E-state index contributed by atoms with van der Waals surface area (Å²) in [5.41, 5.74) is 0. The number of carbonyl (C=O) groups is 1. The zero-order chi connectivity index (χ0) is 11.4. The Morgan fingerprint density at radius 1 is 1.62 bits per heavy atom. The standard InChI is InChI=1S/C12H14N2OS/c1-2-9-6-7-10(16-9)12(15)14-11-5-3-4-8-13-11/h3-6,8,10H,2,7H2,1H3,(H,13,14,15). The third kappa shape index (κ3) is 2.64. The van der Waals surface area contributed by atoms with Gasteiger partial charge in [-0.05, 0) is 29.9 Å². The van der Waals surface area contributed by atoms with Gasteiger partial charge in [-0.2, -0.15) is 0 Å². The molecule has 1 aromatic heterocycles. The Hall–Kier alpha value is -1.29. The molecule has 0 bridgehead atoms. The van der Waals surface area contributed by atoms with Crippen LogP contribution in [0.15, 0.2) is 35.4 Å². The molecule has 16 heavy (non-hydrogen) atoms. The summed E-state index contributed by atoms with van der Waals surface area (Å²) in [5.74, 6) is 0.668. The summed E-state index contributed by atoms with van der Waals surface area (Å²) >= 11 is 1.66. The topological polar surface area (TPSA) is 42.0 Å². The summed E-state index contributed by atoms with van der Waals surface area (Å²) in [6, 6.07) is 5.49. The Morgan fingerprint density at radius 3 is 3.12 bits per heavy atom. The molecule has 4 heteroatoms. The summed E-state index contributed by atoms with van der Waals surface area (Å²) < 4.78 is 0. The van der Waals surface area contributed by atoms with Gasteiger partial charge >= 0.3 is 0 Å². The molecular weight excluding hydrogens is 220 g/mol. The van der Waals surface area contributed by atoms with Crippen molar-refractivity contribution in [2.24, 2.45) is 0 Å². The largest absolute Gasteiger partial charge is 0.310 e. The van der Waals surface area contributed by atoms with Crippen molar-refractivity contribution in [1.82, 2.24) is 4.98 Å². The van der Waals surface area contributed by atoms with Crippen LogP contribution in [0.4, 0.5) is 5.82 Å². The highest BCUT2D eigenvalue weighted by atomic mass is 32.2. The summed E-state index contributed by atoms with van der Waals surface area (Å²) in [4.78, 5) is 17.2. The number of carbonyl (C=O) groups excluding carboxylic acids is 1. The number of allylic oxidation sites excluding steroid dienone is 2. The first-order valence-corrected chi connectivity index (χ1v) is 6.25. The molecule has 1 N–H and O–H groups in total. The first-order chi connectivity index (χ1) is 7.79. The van der Waals surface area contributed by atoms with Crippen LogP contribution in [0.1, 0.15) is 19.8 Å². The van der Waals surface area contributed by atoms with Gasteiger partial charge in [0.15, 0.2) is 0 Å². The fourth-order valence-electron chi connectivity index (χ4n) is 1.55. The minimum absolute atomic E-state index is 0.0111. The van der Waals surface area contributed by atoms with E-state index in [2.05, 4.69) is 23.3 Å². The van der Waals surface area contributed by atoms with E-state index in [1.807, 2.05) is 12.1 Å². The predicted molar refractivity (Wildman–Crippen MR) is 67.2 cm³/mol. The van der Waals surface area contributed by atoms with E-state index in [-0.39, 0.29) is 11.2 Å². The average molecular weight is 234 g/mol. The number of nitrogens with one attached hydrogen (secondary N) is 1. The lowest BCUT2D eigenvalue weighted by molar-refractivity contribution is -0.115. The summed E-state index contributed by atoms with van der Waals surface area (Å²) in [6.45, 7) is 2.11. The molecule has 1 atom stereocenters. The van der Waals surface area contributed by atoms with Gasteiger partial charge in [-0.1, -0.05) is 19.1 Å². The van der Waals surface area contributed by atoms with E-state index in [1.54, 1.807) is 24.0 Å². The summed E-state index contributed by atoms with van der Waals surface area (Å²) in [7, 11) is 0. The lowest BCUT2D eigenvalue weighted by Gasteiger charge is -2.09. The quantitative estimate of drug-likeness (QED) is 0.874. The van der Waals surface area contributed by atoms with Crippen molar-refractivity contribution in [3.63, 3.8) is 0 Å². The van der Waals surface area contributed by atoms with Crippen molar-refractivity contribution in [3.05, 3.63) is 35.4 Å². The van der Waals surface area contributed by atoms with Crippen LogP contribution in [-0.2, 0) is 4.79 Å². The molecule has 84 valence electrons. The molecular formula is C12H14N2OS. The van der Waals surface area contributed by atoms with E-state index >= 15 is 0 Å². The molecule has 0 fully saturated rings. The number of nitrogens with zero attached hydrogens (tertiary/aromatic N) is 1. The van der Waals surface area contributed by atoms with Crippen LogP contribution < -0.4 is 5.32 Å². The number of hydrogen-bond donors (Lipinski definition) is 1. The second kappa shape index (κ2) is 5.16. The van der Waals surface area contributed by atoms with E-state index in [9.17, 15) is 4.79 Å². The lowest BCUT2D eigenvalue weighted by Crippen LogP contribution is -2.23. The smallest absolute Gasteiger partial charge is 0.239 e. The Balaban J connectivity index is 1.91. The van der Waals surface area contributed by atoms with Gasteiger partial charge in [-0.15, -0.1) is 11.8 Å². The molecule has 0 radical (unpaired) electrons. The first-order valence-electron chi connectivity index (χ1n) is 5.37. The number of thioether (sulfide) groups is 1. The molecule has 1 amide bonds. The fraction of sp³-hybridized carbons (Fsp3) is 0.333. The Labute approximate surface area is 99.3 Å². The Bertz CT molecular complexity index is 403. The molecule has 1 aliphatic heterocycles. The van der Waals surface area contributed by atoms with E-state index in [0.29, 0.717) is 5.82 Å². The molecule has 2 rings (SSSR count). The van der Waals surface area contributed by atoms with Gasteiger partial charge in [0, 0.05) is 6.20 Å². The SMILES string of the molecule is CCC1=CCC(C(=O)Nc2ccccn2)S1. The first kappa shape index (κ1) is 11.2. The Morgan fingerprint density at radius 2 is 2.50 bits per heavy atom. The molecule has 1 aliphatic rings. The number of anilines is 1. The molecule has 0 spiro atoms. The maximum atomic E-state index is 11.9. The highest BCUT2D eigenvalue weighted by Crippen LogP contribution is 2.34. The van der Waals surface area contributed by atoms with Gasteiger partial charge in [0.2, 0.25) is 5.91 Å². The van der Waals surface area contributed by atoms with Gasteiger partial charge in [0.05, 0.1) is 5.25 Å². The highest BCUT2D eigenvalue weighted by molar-refractivity contribution is 8.04. The van der Waals surface area contributed by atoms with Crippen molar-refractivity contribution in [2.45, 2.75) is 25.0 Å². The Kier molecular flexibility index (Phi) is 3.62. The molecule has 0 saturated carbocycles. The number of amides is 1. The fourth-order valence-corrected chi connectivity index (χ4v) is 2.63. The van der Waals surface area contributed by atoms with E-state index in [1.165, 1.54) is 4.91 Å². The second-order valence-corrected chi connectivity index (χ2v) is 4.90. The third-order valence-corrected chi connectivity index (χ3v) is 3.86. The van der Waals surface area contributed by atoms with Gasteiger partial charge in [-0.25, -0.2) is 4.98 Å². The minimum Gasteiger partial charge on any atom is -0.310 e. The van der Waals surface area contributed by atoms with Crippen LogP contribution in [0.5, 0.6) is 0 Å². The van der Waals surface area contributed by atoms with Crippen LogP contribution in [0.3, 0.4) is 0 Å². The normalized spacial score (nSPS) is 19.3. The van der Waals surface area contributed by atoms with Crippen LogP contribution in [-0.4, -0.2) is 16.1 Å². The monoisotopic (exact) mass is 234 g/mol. The molecule has 0 aromatic carbocycles. The van der Waals surface area contributed by atoms with Crippen molar-refractivity contribution >= 4 is 23.5 Å². The maximum absolute atomic E-state index is 11.9. The van der Waals surface area contributed by atoms with Crippen molar-refractivity contribution in [2.75, 3.05) is 5.32 Å². The van der Waals surface area contributed by atoms with E-state index in [0.717, 1.165) is 12.8 Å². The molecule has 3 nitrogen and oxygen atoms in total. The molecule has 1 unspecified atom stereocenters. The summed E-state index contributed by atoms with van der Waals surface area (Å²) in [5, 5.41) is 2.84. The number of hydrogen-bond acceptors (Lipinski definition) is 3. The van der Waals surface area contributed by atoms with E-state index < -0.39 is 0 Å². The lowest BCUT2D eigenvalue weighted by atomic mass is 10.2. The average Bonchev–Trinajstić information content (AvgIpc) is 2.79. The van der Waals surface area contributed by atoms with Gasteiger partial charge in [-0.3, -0.25) is 4.79 Å². The highest BCUT2D eigenvalue weighted by Gasteiger charge is 2.24. The number of aromatic nitrogens is 1. The van der Waals surface area contributed by atoms with Crippen LogP contribution in [0.25, 0.3) is 0 Å². The van der Waals surface area contributed by atoms with Crippen molar-refractivity contribution in [1.29, 1.82) is 0 Å². The van der Waals surface area contributed by atoms with Gasteiger partial charge in [0.25, 0.3) is 0 Å². The second-order valence-electron chi connectivity index (χ2n) is 3.57. The number of rotatable bonds is 3. The van der Waals surface area contributed by atoms with Crippen LogP contribution >= 0.6 is 11.8 Å². The molecule has 0 aliphatic carbocycles. The number of pyridine rings is 1. The van der Waals surface area contributed by atoms with Crippen molar-refractivity contribution < 1.29 is 4.79 Å². The van der Waals surface area contributed by atoms with E-state index in [4.69, 9.17) is 0 Å². The zero-order valence-electron chi connectivity index (χ0n) is 9.14. The molecule has 1 aromatic rings. The summed E-state index contributed by atoms with van der Waals surface area (Å²) in [6.07, 6.45) is 5.66. The molecule has 0 saturated heterocycles. The van der Waals surface area contributed by atoms with Gasteiger partial charge < -0.3 is 5.32 Å². The zero-order valence-corrected chi connectivity index (χ0v) is 9.96. The third-order valence-electron chi connectivity index (χ3n) is 2.41. The van der Waals surface area contributed by atoms with Crippen molar-refractivity contribution in [3.8, 4) is 0 Å². The van der Waals surface area contributed by atoms with Gasteiger partial charge in [0.1, 0.15) is 5.82 Å².